The Labute approximate surface area is 162 Å². The fourth-order valence-electron chi connectivity index (χ4n) is 2.38. The summed E-state index contributed by atoms with van der Waals surface area (Å²) in [7, 11) is 1.79. The molecular formula is C17H29IN4O2. The van der Waals surface area contributed by atoms with Gasteiger partial charge in [0.2, 0.25) is 0 Å². The van der Waals surface area contributed by atoms with Gasteiger partial charge >= 0.3 is 0 Å². The van der Waals surface area contributed by atoms with Crippen LogP contribution in [0, 0.1) is 0 Å². The van der Waals surface area contributed by atoms with Crippen molar-refractivity contribution in [2.24, 2.45) is 4.99 Å². The van der Waals surface area contributed by atoms with E-state index in [1.54, 1.807) is 7.05 Å². The fraction of sp³-hybridized carbons (Fsp3) is 0.588. The number of nitrogens with zero attached hydrogens (tertiary/aromatic N) is 2. The molecule has 2 N–H and O–H groups in total. The van der Waals surface area contributed by atoms with Crippen molar-refractivity contribution in [3.8, 4) is 0 Å². The predicted octanol–water partition coefficient (Wildman–Crippen LogP) is 1.32. The van der Waals surface area contributed by atoms with Crippen molar-refractivity contribution in [2.75, 3.05) is 59.6 Å². The second kappa shape index (κ2) is 13.4. The van der Waals surface area contributed by atoms with Gasteiger partial charge in [-0.2, -0.15) is 0 Å². The summed E-state index contributed by atoms with van der Waals surface area (Å²) in [6.45, 7) is 7.63. The lowest BCUT2D eigenvalue weighted by molar-refractivity contribution is 0.0389. The van der Waals surface area contributed by atoms with Gasteiger partial charge in [-0.1, -0.05) is 30.3 Å². The minimum atomic E-state index is 0. The van der Waals surface area contributed by atoms with Crippen LogP contribution >= 0.6 is 24.0 Å². The Bertz CT molecular complexity index is 453. The molecule has 7 heteroatoms. The fourth-order valence-corrected chi connectivity index (χ4v) is 2.38. The monoisotopic (exact) mass is 448 g/mol. The van der Waals surface area contributed by atoms with Gasteiger partial charge in [-0.25, -0.2) is 0 Å². The molecule has 0 unspecified atom stereocenters. The van der Waals surface area contributed by atoms with Crippen molar-refractivity contribution in [2.45, 2.75) is 6.61 Å². The van der Waals surface area contributed by atoms with Gasteiger partial charge in [0.1, 0.15) is 0 Å². The summed E-state index contributed by atoms with van der Waals surface area (Å²) < 4.78 is 11.0. The lowest BCUT2D eigenvalue weighted by Gasteiger charge is -2.26. The van der Waals surface area contributed by atoms with E-state index in [4.69, 9.17) is 9.47 Å². The van der Waals surface area contributed by atoms with Crippen molar-refractivity contribution in [1.82, 2.24) is 15.5 Å². The van der Waals surface area contributed by atoms with Gasteiger partial charge < -0.3 is 20.1 Å². The lowest BCUT2D eigenvalue weighted by Crippen LogP contribution is -2.45. The Hall–Kier alpha value is -0.900. The molecule has 2 rings (SSSR count). The van der Waals surface area contributed by atoms with Crippen molar-refractivity contribution in [3.63, 3.8) is 0 Å². The van der Waals surface area contributed by atoms with E-state index >= 15 is 0 Å². The number of halogens is 1. The van der Waals surface area contributed by atoms with Crippen molar-refractivity contribution < 1.29 is 9.47 Å². The Morgan fingerprint density at radius 3 is 2.58 bits per heavy atom. The van der Waals surface area contributed by atoms with Crippen molar-refractivity contribution in [1.29, 1.82) is 0 Å². The number of nitrogens with one attached hydrogen (secondary N) is 2. The molecule has 136 valence electrons. The van der Waals surface area contributed by atoms with Crippen LogP contribution < -0.4 is 10.6 Å². The Kier molecular flexibility index (Phi) is 11.8. The number of aliphatic imine (C=N–C) groups is 1. The van der Waals surface area contributed by atoms with Gasteiger partial charge in [0.25, 0.3) is 0 Å². The maximum absolute atomic E-state index is 5.65. The van der Waals surface area contributed by atoms with Crippen LogP contribution in [-0.2, 0) is 16.1 Å². The molecule has 6 nitrogen and oxygen atoms in total. The van der Waals surface area contributed by atoms with Crippen LogP contribution in [0.15, 0.2) is 35.3 Å². The minimum Gasteiger partial charge on any atom is -0.379 e. The Balaban J connectivity index is 0.00000288. The van der Waals surface area contributed by atoms with Crippen molar-refractivity contribution in [3.05, 3.63) is 35.9 Å². The average molecular weight is 448 g/mol. The van der Waals surface area contributed by atoms with Crippen LogP contribution in [0.1, 0.15) is 5.56 Å². The molecular weight excluding hydrogens is 419 g/mol. The van der Waals surface area contributed by atoms with E-state index in [1.165, 1.54) is 5.56 Å². The molecule has 0 bridgehead atoms. The van der Waals surface area contributed by atoms with E-state index in [-0.39, 0.29) is 24.0 Å². The third-order valence-electron chi connectivity index (χ3n) is 3.70. The maximum Gasteiger partial charge on any atom is 0.191 e. The van der Waals surface area contributed by atoms with Gasteiger partial charge in [0.15, 0.2) is 5.96 Å². The van der Waals surface area contributed by atoms with Crippen LogP contribution in [-0.4, -0.2) is 70.5 Å². The van der Waals surface area contributed by atoms with Gasteiger partial charge in [-0.15, -0.1) is 24.0 Å². The maximum atomic E-state index is 5.65. The normalized spacial score (nSPS) is 15.6. The quantitative estimate of drug-likeness (QED) is 0.272. The first-order chi connectivity index (χ1) is 11.4. The summed E-state index contributed by atoms with van der Waals surface area (Å²) >= 11 is 0. The van der Waals surface area contributed by atoms with Crippen LogP contribution in [0.2, 0.25) is 0 Å². The summed E-state index contributed by atoms with van der Waals surface area (Å²) in [6, 6.07) is 10.2. The highest BCUT2D eigenvalue weighted by molar-refractivity contribution is 14.0. The SMILES string of the molecule is CN=C(NCCOCc1ccccc1)NCCN1CCOCC1.I. The summed E-state index contributed by atoms with van der Waals surface area (Å²) in [5.74, 6) is 0.821. The number of hydrogen-bond acceptors (Lipinski definition) is 4. The Morgan fingerprint density at radius 1 is 1.17 bits per heavy atom. The first kappa shape index (κ1) is 21.1. The number of morpholine rings is 1. The summed E-state index contributed by atoms with van der Waals surface area (Å²) in [4.78, 5) is 6.62. The summed E-state index contributed by atoms with van der Waals surface area (Å²) in [5.41, 5.74) is 1.19. The standard InChI is InChI=1S/C17H28N4O2.HI/c1-18-17(19-7-9-21-10-13-22-14-11-21)20-8-12-23-15-16-5-3-2-4-6-16;/h2-6H,7-15H2,1H3,(H2,18,19,20);1H. The first-order valence-corrected chi connectivity index (χ1v) is 8.25. The summed E-state index contributed by atoms with van der Waals surface area (Å²) in [6.07, 6.45) is 0. The molecule has 0 saturated carbocycles. The predicted molar refractivity (Wildman–Crippen MR) is 108 cm³/mol. The van der Waals surface area contributed by atoms with E-state index in [1.807, 2.05) is 18.2 Å². The molecule has 1 fully saturated rings. The van der Waals surface area contributed by atoms with E-state index in [0.29, 0.717) is 13.2 Å². The third-order valence-corrected chi connectivity index (χ3v) is 3.70. The molecule has 0 aromatic heterocycles. The number of ether oxygens (including phenoxy) is 2. The van der Waals surface area contributed by atoms with Crippen LogP contribution in [0.4, 0.5) is 0 Å². The number of hydrogen-bond donors (Lipinski definition) is 2. The molecule has 0 radical (unpaired) electrons. The van der Waals surface area contributed by atoms with Gasteiger partial charge in [0.05, 0.1) is 26.4 Å². The molecule has 1 aliphatic rings. The second-order valence-corrected chi connectivity index (χ2v) is 5.42. The molecule has 0 atom stereocenters. The van der Waals surface area contributed by atoms with E-state index in [0.717, 1.165) is 51.9 Å². The van der Waals surface area contributed by atoms with Crippen molar-refractivity contribution >= 4 is 29.9 Å². The highest BCUT2D eigenvalue weighted by Crippen LogP contribution is 1.99. The smallest absolute Gasteiger partial charge is 0.191 e. The van der Waals surface area contributed by atoms with Crippen LogP contribution in [0.25, 0.3) is 0 Å². The average Bonchev–Trinajstić information content (AvgIpc) is 2.61. The zero-order valence-corrected chi connectivity index (χ0v) is 16.7. The van der Waals surface area contributed by atoms with Gasteiger partial charge in [0, 0.05) is 39.8 Å². The highest BCUT2D eigenvalue weighted by Gasteiger charge is 2.09. The van der Waals surface area contributed by atoms with E-state index < -0.39 is 0 Å². The van der Waals surface area contributed by atoms with Gasteiger partial charge in [-0.05, 0) is 5.56 Å². The molecule has 1 aromatic carbocycles. The number of benzene rings is 1. The second-order valence-electron chi connectivity index (χ2n) is 5.42. The third kappa shape index (κ3) is 8.81. The first-order valence-electron chi connectivity index (χ1n) is 8.25. The lowest BCUT2D eigenvalue weighted by atomic mass is 10.2. The van der Waals surface area contributed by atoms with E-state index in [9.17, 15) is 0 Å². The van der Waals surface area contributed by atoms with Crippen LogP contribution in [0.3, 0.4) is 0 Å². The highest BCUT2D eigenvalue weighted by atomic mass is 127. The van der Waals surface area contributed by atoms with Gasteiger partial charge in [-0.3, -0.25) is 9.89 Å². The molecule has 1 saturated heterocycles. The minimum absolute atomic E-state index is 0. The Morgan fingerprint density at radius 2 is 1.88 bits per heavy atom. The molecule has 24 heavy (non-hydrogen) atoms. The summed E-state index contributed by atoms with van der Waals surface area (Å²) in [5, 5.41) is 6.59. The largest absolute Gasteiger partial charge is 0.379 e. The molecule has 1 heterocycles. The molecule has 1 aliphatic heterocycles. The number of guanidine groups is 1. The van der Waals surface area contributed by atoms with Crippen LogP contribution in [0.5, 0.6) is 0 Å². The number of rotatable bonds is 8. The molecule has 0 aliphatic carbocycles. The zero-order valence-electron chi connectivity index (χ0n) is 14.4. The zero-order chi connectivity index (χ0) is 16.2. The van der Waals surface area contributed by atoms with E-state index in [2.05, 4.69) is 32.7 Å². The topological polar surface area (TPSA) is 58.1 Å². The molecule has 0 amide bonds. The molecule has 1 aromatic rings. The molecule has 0 spiro atoms.